The van der Waals surface area contributed by atoms with Gasteiger partial charge in [-0.15, -0.1) is 0 Å². The van der Waals surface area contributed by atoms with Crippen molar-refractivity contribution in [2.45, 2.75) is 31.0 Å². The van der Waals surface area contributed by atoms with Crippen molar-refractivity contribution in [3.8, 4) is 0 Å². The summed E-state index contributed by atoms with van der Waals surface area (Å²) in [6, 6.07) is 1.80. The van der Waals surface area contributed by atoms with Gasteiger partial charge in [0.05, 0.1) is 5.60 Å². The van der Waals surface area contributed by atoms with Gasteiger partial charge >= 0.3 is 0 Å². The lowest BCUT2D eigenvalue weighted by molar-refractivity contribution is -0.0998. The van der Waals surface area contributed by atoms with E-state index in [0.717, 1.165) is 32.4 Å². The average molecular weight is 235 g/mol. The van der Waals surface area contributed by atoms with Crippen LogP contribution in [0.4, 0.5) is 5.95 Å². The molecule has 2 aliphatic rings. The van der Waals surface area contributed by atoms with Crippen LogP contribution in [0.1, 0.15) is 19.3 Å². The molecule has 0 unspecified atom stereocenters. The summed E-state index contributed by atoms with van der Waals surface area (Å²) in [5, 5.41) is 10.3. The van der Waals surface area contributed by atoms with E-state index in [1.165, 1.54) is 0 Å². The maximum Gasteiger partial charge on any atom is 0.225 e. The number of rotatable bonds is 1. The number of hydrogen-bond donors (Lipinski definition) is 1. The molecule has 0 radical (unpaired) electrons. The van der Waals surface area contributed by atoms with Crippen molar-refractivity contribution in [2.75, 3.05) is 24.6 Å². The molecule has 1 aromatic rings. The summed E-state index contributed by atoms with van der Waals surface area (Å²) in [5.74, 6) is 0.694. The van der Waals surface area contributed by atoms with Crippen LogP contribution in [0.3, 0.4) is 0 Å². The lowest BCUT2D eigenvalue weighted by Crippen LogP contribution is -2.55. The van der Waals surface area contributed by atoms with Gasteiger partial charge in [0.25, 0.3) is 0 Å². The van der Waals surface area contributed by atoms with Crippen LogP contribution >= 0.6 is 0 Å². The molecule has 5 nitrogen and oxygen atoms in total. The first-order chi connectivity index (χ1) is 8.30. The van der Waals surface area contributed by atoms with Crippen LogP contribution in [-0.4, -0.2) is 46.5 Å². The molecule has 2 saturated heterocycles. The van der Waals surface area contributed by atoms with Crippen LogP contribution in [-0.2, 0) is 4.74 Å². The van der Waals surface area contributed by atoms with Crippen molar-refractivity contribution < 1.29 is 9.84 Å². The number of anilines is 1. The van der Waals surface area contributed by atoms with Gasteiger partial charge in [-0.2, -0.15) is 0 Å². The Hall–Kier alpha value is -1.20. The van der Waals surface area contributed by atoms with E-state index in [-0.39, 0.29) is 5.60 Å². The van der Waals surface area contributed by atoms with Gasteiger partial charge in [-0.25, -0.2) is 9.97 Å². The van der Waals surface area contributed by atoms with Crippen molar-refractivity contribution in [2.24, 2.45) is 0 Å². The molecule has 1 spiro atoms. The summed E-state index contributed by atoms with van der Waals surface area (Å²) in [6.45, 7) is 2.18. The third kappa shape index (κ3) is 1.89. The minimum absolute atomic E-state index is 0.300. The van der Waals surface area contributed by atoms with Crippen LogP contribution < -0.4 is 4.90 Å². The third-order valence-electron chi connectivity index (χ3n) is 3.77. The van der Waals surface area contributed by atoms with Crippen molar-refractivity contribution in [1.82, 2.24) is 9.97 Å². The largest absolute Gasteiger partial charge is 0.388 e. The van der Waals surface area contributed by atoms with Gasteiger partial charge in [0.15, 0.2) is 0 Å². The van der Waals surface area contributed by atoms with E-state index in [2.05, 4.69) is 9.97 Å². The molecule has 0 aliphatic carbocycles. The number of aromatic nitrogens is 2. The Morgan fingerprint density at radius 2 is 2.18 bits per heavy atom. The van der Waals surface area contributed by atoms with Crippen LogP contribution in [0, 0.1) is 0 Å². The molecule has 2 aliphatic heterocycles. The fourth-order valence-electron chi connectivity index (χ4n) is 2.77. The topological polar surface area (TPSA) is 58.5 Å². The molecular weight excluding hydrogens is 218 g/mol. The molecule has 1 aromatic heterocycles. The number of ether oxygens (including phenoxy) is 1. The van der Waals surface area contributed by atoms with E-state index >= 15 is 0 Å². The molecule has 17 heavy (non-hydrogen) atoms. The van der Waals surface area contributed by atoms with Gasteiger partial charge in [-0.05, 0) is 25.3 Å². The fourth-order valence-corrected chi connectivity index (χ4v) is 2.77. The smallest absolute Gasteiger partial charge is 0.225 e. The van der Waals surface area contributed by atoms with E-state index in [1.54, 1.807) is 18.5 Å². The zero-order chi connectivity index (χ0) is 11.7. The van der Waals surface area contributed by atoms with Crippen LogP contribution in [0.25, 0.3) is 0 Å². The van der Waals surface area contributed by atoms with Crippen LogP contribution in [0.15, 0.2) is 18.5 Å². The van der Waals surface area contributed by atoms with Gasteiger partial charge in [-0.3, -0.25) is 0 Å². The molecule has 92 valence electrons. The lowest BCUT2D eigenvalue weighted by atomic mass is 9.86. The number of piperidine rings is 1. The molecule has 5 heteroatoms. The predicted molar refractivity (Wildman–Crippen MR) is 62.8 cm³/mol. The van der Waals surface area contributed by atoms with E-state index in [9.17, 15) is 5.11 Å². The van der Waals surface area contributed by atoms with Gasteiger partial charge in [0.1, 0.15) is 6.10 Å². The van der Waals surface area contributed by atoms with Crippen molar-refractivity contribution in [3.05, 3.63) is 18.5 Å². The SMILES string of the molecule is O[C@H]1CN(c2ncccn2)CC[C@@]12CCCO2. The first kappa shape index (κ1) is 10.9. The molecule has 0 amide bonds. The Labute approximate surface area is 100 Å². The second kappa shape index (κ2) is 4.23. The number of hydrogen-bond acceptors (Lipinski definition) is 5. The van der Waals surface area contributed by atoms with E-state index in [1.807, 2.05) is 4.90 Å². The summed E-state index contributed by atoms with van der Waals surface area (Å²) in [6.07, 6.45) is 5.89. The number of β-amino-alcohol motifs (C(OH)–C–C–N with tert-alkyl or cyclic N) is 1. The summed E-state index contributed by atoms with van der Waals surface area (Å²) in [4.78, 5) is 10.5. The Balaban J connectivity index is 1.73. The highest BCUT2D eigenvalue weighted by molar-refractivity contribution is 5.31. The van der Waals surface area contributed by atoms with E-state index in [0.29, 0.717) is 12.5 Å². The number of aliphatic hydroxyl groups is 1. The molecule has 3 rings (SSSR count). The summed E-state index contributed by atoms with van der Waals surface area (Å²) in [7, 11) is 0. The second-order valence-electron chi connectivity index (χ2n) is 4.78. The summed E-state index contributed by atoms with van der Waals surface area (Å²) in [5.41, 5.74) is -0.300. The quantitative estimate of drug-likeness (QED) is 0.772. The number of nitrogens with zero attached hydrogens (tertiary/aromatic N) is 3. The Bertz CT molecular complexity index is 379. The first-order valence-electron chi connectivity index (χ1n) is 6.14. The lowest BCUT2D eigenvalue weighted by Gasteiger charge is -2.42. The highest BCUT2D eigenvalue weighted by Gasteiger charge is 2.45. The van der Waals surface area contributed by atoms with E-state index < -0.39 is 6.10 Å². The Kier molecular flexibility index (Phi) is 2.72. The van der Waals surface area contributed by atoms with Crippen molar-refractivity contribution >= 4 is 5.95 Å². The summed E-state index contributed by atoms with van der Waals surface area (Å²) < 4.78 is 5.76. The van der Waals surface area contributed by atoms with Gasteiger partial charge in [-0.1, -0.05) is 0 Å². The molecule has 2 atom stereocenters. The molecule has 2 fully saturated rings. The van der Waals surface area contributed by atoms with Gasteiger partial charge in [0, 0.05) is 32.1 Å². The standard InChI is InChI=1S/C12H17N3O2/c16-10-9-15(11-13-5-2-6-14-11)7-4-12(10)3-1-8-17-12/h2,5-6,10,16H,1,3-4,7-9H2/t10-,12-/m0/s1. The van der Waals surface area contributed by atoms with Crippen molar-refractivity contribution in [1.29, 1.82) is 0 Å². The zero-order valence-corrected chi connectivity index (χ0v) is 9.75. The molecule has 1 N–H and O–H groups in total. The fraction of sp³-hybridized carbons (Fsp3) is 0.667. The minimum Gasteiger partial charge on any atom is -0.388 e. The average Bonchev–Trinajstić information content (AvgIpc) is 2.84. The zero-order valence-electron chi connectivity index (χ0n) is 9.75. The second-order valence-corrected chi connectivity index (χ2v) is 4.78. The molecular formula is C12H17N3O2. The molecule has 0 bridgehead atoms. The minimum atomic E-state index is -0.442. The van der Waals surface area contributed by atoms with Gasteiger partial charge in [0.2, 0.25) is 5.95 Å². The predicted octanol–water partition coefficient (Wildman–Crippen LogP) is 0.597. The van der Waals surface area contributed by atoms with Crippen LogP contribution in [0.2, 0.25) is 0 Å². The normalized spacial score (nSPS) is 33.2. The van der Waals surface area contributed by atoms with Crippen molar-refractivity contribution in [3.63, 3.8) is 0 Å². The highest BCUT2D eigenvalue weighted by Crippen LogP contribution is 2.36. The first-order valence-corrected chi connectivity index (χ1v) is 6.14. The molecule has 0 aromatic carbocycles. The summed E-state index contributed by atoms with van der Waals surface area (Å²) >= 11 is 0. The Morgan fingerprint density at radius 3 is 2.82 bits per heavy atom. The maximum atomic E-state index is 10.3. The highest BCUT2D eigenvalue weighted by atomic mass is 16.5. The molecule has 0 saturated carbocycles. The van der Waals surface area contributed by atoms with Crippen LogP contribution in [0.5, 0.6) is 0 Å². The molecule has 3 heterocycles. The Morgan fingerprint density at radius 1 is 1.35 bits per heavy atom. The number of aliphatic hydroxyl groups excluding tert-OH is 1. The van der Waals surface area contributed by atoms with E-state index in [4.69, 9.17) is 4.74 Å². The van der Waals surface area contributed by atoms with Gasteiger partial charge < -0.3 is 14.7 Å². The third-order valence-corrected chi connectivity index (χ3v) is 3.77. The maximum absolute atomic E-state index is 10.3. The monoisotopic (exact) mass is 235 g/mol.